The minimum Gasteiger partial charge on any atom is -0.387 e. The number of aliphatic hydroxyl groups is 2. The summed E-state index contributed by atoms with van der Waals surface area (Å²) >= 11 is 0. The summed E-state index contributed by atoms with van der Waals surface area (Å²) in [7, 11) is 0. The van der Waals surface area contributed by atoms with Crippen molar-refractivity contribution in [1.29, 1.82) is 0 Å². The van der Waals surface area contributed by atoms with E-state index in [9.17, 15) is 29.0 Å². The maximum Gasteiger partial charge on any atom is 0.254 e. The fourth-order valence-electron chi connectivity index (χ4n) is 6.32. The van der Waals surface area contributed by atoms with E-state index >= 15 is 0 Å². The quantitative estimate of drug-likeness (QED) is 0.404. The van der Waals surface area contributed by atoms with Gasteiger partial charge < -0.3 is 20.1 Å². The Morgan fingerprint density at radius 1 is 1.22 bits per heavy atom. The number of halogens is 1. The number of nitrogens with one attached hydrogen (secondary N) is 1. The van der Waals surface area contributed by atoms with Crippen LogP contribution in [0.1, 0.15) is 65.6 Å². The summed E-state index contributed by atoms with van der Waals surface area (Å²) in [6.45, 7) is 3.00. The first-order valence-electron chi connectivity index (χ1n) is 12.3. The first kappa shape index (κ1) is 23.0. The van der Waals surface area contributed by atoms with Crippen molar-refractivity contribution in [3.63, 3.8) is 0 Å². The number of hydrogen-bond donors (Lipinski definition) is 3. The number of aromatic nitrogens is 2. The van der Waals surface area contributed by atoms with Gasteiger partial charge in [-0.1, -0.05) is 6.92 Å². The lowest BCUT2D eigenvalue weighted by atomic mass is 9.77. The van der Waals surface area contributed by atoms with E-state index in [4.69, 9.17) is 4.98 Å². The number of amides is 1. The summed E-state index contributed by atoms with van der Waals surface area (Å²) in [4.78, 5) is 43.2. The lowest BCUT2D eigenvalue weighted by Gasteiger charge is -2.32. The van der Waals surface area contributed by atoms with Crippen molar-refractivity contribution in [2.75, 3.05) is 6.61 Å². The van der Waals surface area contributed by atoms with E-state index in [-0.39, 0.29) is 43.0 Å². The number of aryl methyl sites for hydroxylation is 1. The van der Waals surface area contributed by atoms with Crippen LogP contribution in [0.3, 0.4) is 0 Å². The van der Waals surface area contributed by atoms with Gasteiger partial charge in [0.25, 0.3) is 5.56 Å². The number of ketones is 1. The number of benzene rings is 1. The maximum atomic E-state index is 14.9. The van der Waals surface area contributed by atoms with Gasteiger partial charge in [-0.3, -0.25) is 14.4 Å². The molecule has 3 aromatic rings. The molecule has 6 rings (SSSR count). The third kappa shape index (κ3) is 2.93. The van der Waals surface area contributed by atoms with Crippen LogP contribution in [0, 0.1) is 12.7 Å². The monoisotopic (exact) mass is 491 g/mol. The average Bonchev–Trinajstić information content (AvgIpc) is 3.24. The van der Waals surface area contributed by atoms with Crippen molar-refractivity contribution < 1.29 is 24.2 Å². The van der Waals surface area contributed by atoms with Crippen molar-refractivity contribution in [1.82, 2.24) is 14.9 Å². The second-order valence-electron chi connectivity index (χ2n) is 9.98. The van der Waals surface area contributed by atoms with Crippen LogP contribution in [0.15, 0.2) is 16.9 Å². The summed E-state index contributed by atoms with van der Waals surface area (Å²) in [5.74, 6) is -1.20. The maximum absolute atomic E-state index is 14.9. The highest BCUT2D eigenvalue weighted by atomic mass is 19.1. The van der Waals surface area contributed by atoms with Crippen LogP contribution in [0.5, 0.6) is 0 Å². The van der Waals surface area contributed by atoms with Crippen LogP contribution in [-0.4, -0.2) is 38.1 Å². The minimum atomic E-state index is -1.73. The van der Waals surface area contributed by atoms with Crippen LogP contribution in [0.2, 0.25) is 0 Å². The number of Topliss-reactive ketones (excluding diaryl/α,β-unsaturated/α-hetero) is 1. The van der Waals surface area contributed by atoms with E-state index in [1.54, 1.807) is 24.5 Å². The number of pyridine rings is 2. The number of rotatable bonds is 3. The molecular formula is C27H26FN3O5. The molecule has 36 heavy (non-hydrogen) atoms. The Labute approximate surface area is 205 Å². The van der Waals surface area contributed by atoms with Gasteiger partial charge in [-0.15, -0.1) is 0 Å². The number of nitrogens with zero attached hydrogens (tertiary/aromatic N) is 2. The Bertz CT molecular complexity index is 1580. The van der Waals surface area contributed by atoms with E-state index in [0.717, 1.165) is 22.1 Å². The second kappa shape index (κ2) is 7.78. The van der Waals surface area contributed by atoms with Gasteiger partial charge in [0.1, 0.15) is 18.0 Å². The topological polar surface area (TPSA) is 122 Å². The summed E-state index contributed by atoms with van der Waals surface area (Å²) in [6.07, 6.45) is 1.56. The Kier molecular flexibility index (Phi) is 4.97. The van der Waals surface area contributed by atoms with E-state index in [1.165, 1.54) is 6.07 Å². The molecule has 0 fully saturated rings. The first-order chi connectivity index (χ1) is 17.2. The van der Waals surface area contributed by atoms with Crippen molar-refractivity contribution in [3.8, 4) is 11.4 Å². The summed E-state index contributed by atoms with van der Waals surface area (Å²) in [5, 5.41) is 24.2. The highest BCUT2D eigenvalue weighted by Crippen LogP contribution is 2.46. The van der Waals surface area contributed by atoms with Crippen molar-refractivity contribution in [3.05, 3.63) is 61.7 Å². The molecule has 1 amide bonds. The zero-order chi connectivity index (χ0) is 25.5. The van der Waals surface area contributed by atoms with Gasteiger partial charge in [0.2, 0.25) is 5.91 Å². The molecule has 0 bridgehead atoms. The first-order valence-corrected chi connectivity index (χ1v) is 12.3. The number of hydrogen-bond acceptors (Lipinski definition) is 6. The van der Waals surface area contributed by atoms with Crippen LogP contribution < -0.4 is 10.9 Å². The fourth-order valence-corrected chi connectivity index (χ4v) is 6.32. The van der Waals surface area contributed by atoms with Crippen molar-refractivity contribution >= 4 is 22.6 Å². The minimum absolute atomic E-state index is 0.101. The molecule has 0 spiro atoms. The molecule has 2 aliphatic carbocycles. The van der Waals surface area contributed by atoms with E-state index in [2.05, 4.69) is 5.32 Å². The predicted octanol–water partition coefficient (Wildman–Crippen LogP) is 2.08. The average molecular weight is 492 g/mol. The third-order valence-electron chi connectivity index (χ3n) is 8.23. The molecule has 2 aromatic heterocycles. The Hall–Kier alpha value is -3.43. The molecule has 0 saturated heterocycles. The molecule has 186 valence electrons. The van der Waals surface area contributed by atoms with Gasteiger partial charge in [0.15, 0.2) is 5.78 Å². The zero-order valence-electron chi connectivity index (χ0n) is 20.1. The molecule has 3 N–H and O–H groups in total. The molecule has 3 heterocycles. The standard InChI is InChI=1S/C27H26FN3O5/c1-3-27(36)16-8-20-25-15(10-31(20)26(35)14(16)5-7-21(27)33)24-18(29-22(34)11-32)6-4-13-12(2)17(28)9-19(30-25)23(13)24/h8-9,18,32,36H,3-7,10-11H2,1-2H3,(H,29,34)/t18?,27-/m0/s1. The summed E-state index contributed by atoms with van der Waals surface area (Å²) in [6, 6.07) is 2.62. The van der Waals surface area contributed by atoms with Gasteiger partial charge in [-0.05, 0) is 55.4 Å². The number of aliphatic hydroxyl groups excluding tert-OH is 1. The van der Waals surface area contributed by atoms with Crippen LogP contribution in [-0.2, 0) is 34.6 Å². The third-order valence-corrected chi connectivity index (χ3v) is 8.23. The largest absolute Gasteiger partial charge is 0.387 e. The Balaban J connectivity index is 1.66. The molecule has 1 aliphatic heterocycles. The second-order valence-corrected chi connectivity index (χ2v) is 9.98. The van der Waals surface area contributed by atoms with Crippen molar-refractivity contribution in [2.24, 2.45) is 0 Å². The SMILES string of the molecule is CC[C@@]1(O)C(=O)CCc2c1cc1n(c2=O)Cc2c-1nc1cc(F)c(C)c3c1c2C(NC(=O)CO)CC3. The Morgan fingerprint density at radius 2 is 2.00 bits per heavy atom. The van der Waals surface area contributed by atoms with E-state index < -0.39 is 24.2 Å². The highest BCUT2D eigenvalue weighted by molar-refractivity contribution is 5.94. The van der Waals surface area contributed by atoms with Crippen LogP contribution in [0.4, 0.5) is 4.39 Å². The molecule has 0 radical (unpaired) electrons. The zero-order valence-corrected chi connectivity index (χ0v) is 20.1. The van der Waals surface area contributed by atoms with E-state index in [1.807, 2.05) is 0 Å². The van der Waals surface area contributed by atoms with Crippen LogP contribution >= 0.6 is 0 Å². The van der Waals surface area contributed by atoms with Gasteiger partial charge in [-0.2, -0.15) is 0 Å². The normalized spacial score (nSPS) is 21.8. The fraction of sp³-hybridized carbons (Fsp3) is 0.407. The molecule has 9 heteroatoms. The van der Waals surface area contributed by atoms with E-state index in [0.29, 0.717) is 46.4 Å². The number of fused-ring (bicyclic) bond motifs is 5. The number of carbonyl (C=O) groups is 2. The molecule has 8 nitrogen and oxygen atoms in total. The number of carbonyl (C=O) groups excluding carboxylic acids is 2. The molecule has 2 atom stereocenters. The van der Waals surface area contributed by atoms with Crippen molar-refractivity contribution in [2.45, 2.75) is 64.1 Å². The Morgan fingerprint density at radius 3 is 2.72 bits per heavy atom. The predicted molar refractivity (Wildman–Crippen MR) is 129 cm³/mol. The molecule has 3 aliphatic rings. The summed E-state index contributed by atoms with van der Waals surface area (Å²) in [5.41, 5.74) is 3.02. The lowest BCUT2D eigenvalue weighted by Crippen LogP contribution is -2.43. The van der Waals surface area contributed by atoms with Gasteiger partial charge in [-0.25, -0.2) is 9.37 Å². The molecule has 1 aromatic carbocycles. The molecule has 0 saturated carbocycles. The van der Waals surface area contributed by atoms with Gasteiger partial charge >= 0.3 is 0 Å². The summed E-state index contributed by atoms with van der Waals surface area (Å²) < 4.78 is 16.5. The van der Waals surface area contributed by atoms with Gasteiger partial charge in [0, 0.05) is 34.6 Å². The lowest BCUT2D eigenvalue weighted by molar-refractivity contribution is -0.140. The molecule has 1 unspecified atom stereocenters. The van der Waals surface area contributed by atoms with Gasteiger partial charge in [0.05, 0.1) is 29.5 Å². The highest BCUT2D eigenvalue weighted by Gasteiger charge is 2.43. The smallest absolute Gasteiger partial charge is 0.254 e. The van der Waals surface area contributed by atoms with Crippen LogP contribution in [0.25, 0.3) is 22.3 Å². The molecular weight excluding hydrogens is 465 g/mol.